The zero-order valence-corrected chi connectivity index (χ0v) is 11.5. The Morgan fingerprint density at radius 1 is 1.53 bits per heavy atom. The number of hydrogen-bond donors (Lipinski definition) is 2. The van der Waals surface area contributed by atoms with Crippen molar-refractivity contribution in [3.63, 3.8) is 0 Å². The van der Waals surface area contributed by atoms with E-state index in [4.69, 9.17) is 10.8 Å². The predicted octanol–water partition coefficient (Wildman–Crippen LogP) is 0.589. The number of nitrogen functional groups attached to an aromatic ring is 1. The van der Waals surface area contributed by atoms with Gasteiger partial charge in [-0.15, -0.1) is 0 Å². The van der Waals surface area contributed by atoms with Crippen molar-refractivity contribution >= 4 is 15.7 Å². The summed E-state index contributed by atoms with van der Waals surface area (Å²) in [6.07, 6.45) is 5.73. The van der Waals surface area contributed by atoms with Crippen molar-refractivity contribution in [2.24, 2.45) is 0 Å². The summed E-state index contributed by atoms with van der Waals surface area (Å²) in [5, 5.41) is 8.88. The number of rotatable bonds is 5. The highest BCUT2D eigenvalue weighted by atomic mass is 32.2. The molecule has 1 aromatic heterocycles. The Kier molecular flexibility index (Phi) is 4.38. The Hall–Kier alpha value is -1.18. The Morgan fingerprint density at radius 2 is 2.32 bits per heavy atom. The van der Waals surface area contributed by atoms with Gasteiger partial charge in [0, 0.05) is 31.6 Å². The molecule has 0 saturated carbocycles. The van der Waals surface area contributed by atoms with Crippen molar-refractivity contribution in [2.45, 2.75) is 36.6 Å². The van der Waals surface area contributed by atoms with Crippen LogP contribution in [0.5, 0.6) is 0 Å². The average molecular weight is 285 g/mol. The Balaban J connectivity index is 2.26. The van der Waals surface area contributed by atoms with Gasteiger partial charge in [0.2, 0.25) is 10.0 Å². The number of anilines is 1. The van der Waals surface area contributed by atoms with E-state index in [-0.39, 0.29) is 23.2 Å². The van der Waals surface area contributed by atoms with Gasteiger partial charge in [0.15, 0.2) is 0 Å². The summed E-state index contributed by atoms with van der Waals surface area (Å²) >= 11 is 0. The van der Waals surface area contributed by atoms with Gasteiger partial charge in [-0.3, -0.25) is 4.98 Å². The van der Waals surface area contributed by atoms with Crippen molar-refractivity contribution in [1.29, 1.82) is 0 Å². The fraction of sp³-hybridized carbons (Fsp3) is 0.583. The van der Waals surface area contributed by atoms with Crippen molar-refractivity contribution in [2.75, 3.05) is 18.9 Å². The second kappa shape index (κ2) is 5.85. The first kappa shape index (κ1) is 14.2. The summed E-state index contributed by atoms with van der Waals surface area (Å²) in [6, 6.07) is 1.45. The minimum atomic E-state index is -3.58. The van der Waals surface area contributed by atoms with Gasteiger partial charge in [-0.25, -0.2) is 8.42 Å². The number of pyridine rings is 1. The van der Waals surface area contributed by atoms with Crippen LogP contribution in [-0.4, -0.2) is 42.0 Å². The highest BCUT2D eigenvalue weighted by molar-refractivity contribution is 7.89. The minimum Gasteiger partial charge on any atom is -0.398 e. The third kappa shape index (κ3) is 2.88. The second-order valence-electron chi connectivity index (χ2n) is 4.69. The molecule has 3 N–H and O–H groups in total. The van der Waals surface area contributed by atoms with Gasteiger partial charge < -0.3 is 10.8 Å². The van der Waals surface area contributed by atoms with Crippen LogP contribution in [0.4, 0.5) is 5.69 Å². The maximum atomic E-state index is 12.6. The first-order valence-corrected chi connectivity index (χ1v) is 7.83. The Morgan fingerprint density at radius 3 is 3.00 bits per heavy atom. The molecular formula is C12H19N3O3S. The molecule has 1 saturated heterocycles. The van der Waals surface area contributed by atoms with Gasteiger partial charge in [-0.05, 0) is 31.7 Å². The lowest BCUT2D eigenvalue weighted by Gasteiger charge is -2.24. The number of aliphatic hydroxyl groups excluding tert-OH is 1. The summed E-state index contributed by atoms with van der Waals surface area (Å²) in [5.41, 5.74) is 5.96. The monoisotopic (exact) mass is 285 g/mol. The van der Waals surface area contributed by atoms with Crippen molar-refractivity contribution in [3.8, 4) is 0 Å². The van der Waals surface area contributed by atoms with Crippen LogP contribution in [-0.2, 0) is 10.0 Å². The van der Waals surface area contributed by atoms with Gasteiger partial charge in [0.05, 0.1) is 5.69 Å². The van der Waals surface area contributed by atoms with E-state index < -0.39 is 10.0 Å². The van der Waals surface area contributed by atoms with Gasteiger partial charge in [-0.2, -0.15) is 4.31 Å². The molecule has 0 aliphatic carbocycles. The fourth-order valence-corrected chi connectivity index (χ4v) is 4.26. The molecule has 0 radical (unpaired) electrons. The van der Waals surface area contributed by atoms with Gasteiger partial charge in [0.25, 0.3) is 0 Å². The number of aliphatic hydroxyl groups is 1. The van der Waals surface area contributed by atoms with Gasteiger partial charge >= 0.3 is 0 Å². The highest BCUT2D eigenvalue weighted by Gasteiger charge is 2.35. The molecule has 1 fully saturated rings. The number of aromatic nitrogens is 1. The van der Waals surface area contributed by atoms with Crippen molar-refractivity contribution in [3.05, 3.63) is 18.5 Å². The van der Waals surface area contributed by atoms with Crippen LogP contribution < -0.4 is 5.73 Å². The lowest BCUT2D eigenvalue weighted by molar-refractivity contribution is 0.264. The van der Waals surface area contributed by atoms with Gasteiger partial charge in [-0.1, -0.05) is 0 Å². The van der Waals surface area contributed by atoms with Crippen molar-refractivity contribution < 1.29 is 13.5 Å². The number of nitrogens with two attached hydrogens (primary N) is 1. The molecule has 19 heavy (non-hydrogen) atoms. The van der Waals surface area contributed by atoms with Crippen LogP contribution in [0.3, 0.4) is 0 Å². The molecule has 2 rings (SSSR count). The van der Waals surface area contributed by atoms with Crippen molar-refractivity contribution in [1.82, 2.24) is 9.29 Å². The summed E-state index contributed by atoms with van der Waals surface area (Å²) in [5.74, 6) is 0. The average Bonchev–Trinajstić information content (AvgIpc) is 2.85. The highest BCUT2D eigenvalue weighted by Crippen LogP contribution is 2.30. The molecule has 0 spiro atoms. The van der Waals surface area contributed by atoms with E-state index in [1.165, 1.54) is 22.8 Å². The molecule has 0 amide bonds. The molecule has 1 aliphatic rings. The fourth-order valence-electron chi connectivity index (χ4n) is 2.47. The van der Waals surface area contributed by atoms with E-state index >= 15 is 0 Å². The number of sulfonamides is 1. The van der Waals surface area contributed by atoms with Crippen LogP contribution in [0.2, 0.25) is 0 Å². The zero-order chi connectivity index (χ0) is 13.9. The third-order valence-electron chi connectivity index (χ3n) is 3.42. The first-order chi connectivity index (χ1) is 9.07. The van der Waals surface area contributed by atoms with Crippen LogP contribution in [0.15, 0.2) is 23.4 Å². The van der Waals surface area contributed by atoms with E-state index in [2.05, 4.69) is 4.98 Å². The van der Waals surface area contributed by atoms with Crippen LogP contribution in [0, 0.1) is 0 Å². The largest absolute Gasteiger partial charge is 0.398 e. The minimum absolute atomic E-state index is 0.0447. The molecule has 7 heteroatoms. The zero-order valence-electron chi connectivity index (χ0n) is 10.7. The third-order valence-corrected chi connectivity index (χ3v) is 5.42. The Bertz CT molecular complexity index is 533. The maximum Gasteiger partial charge on any atom is 0.246 e. The summed E-state index contributed by atoms with van der Waals surface area (Å²) in [4.78, 5) is 3.92. The summed E-state index contributed by atoms with van der Waals surface area (Å²) < 4.78 is 26.6. The quantitative estimate of drug-likeness (QED) is 0.825. The molecule has 1 aliphatic heterocycles. The molecule has 0 aromatic carbocycles. The molecule has 106 valence electrons. The normalized spacial score (nSPS) is 20.8. The molecule has 1 atom stereocenters. The van der Waals surface area contributed by atoms with Crippen LogP contribution in [0.25, 0.3) is 0 Å². The van der Waals surface area contributed by atoms with Gasteiger partial charge in [0.1, 0.15) is 4.90 Å². The van der Waals surface area contributed by atoms with E-state index in [0.717, 1.165) is 12.8 Å². The smallest absolute Gasteiger partial charge is 0.246 e. The molecule has 6 nitrogen and oxygen atoms in total. The molecule has 1 unspecified atom stereocenters. The maximum absolute atomic E-state index is 12.6. The number of nitrogens with zero attached hydrogens (tertiary/aromatic N) is 2. The molecule has 0 bridgehead atoms. The van der Waals surface area contributed by atoms with E-state index in [0.29, 0.717) is 19.4 Å². The number of hydrogen-bond acceptors (Lipinski definition) is 5. The summed E-state index contributed by atoms with van der Waals surface area (Å²) in [6.45, 7) is 0.589. The predicted molar refractivity (Wildman–Crippen MR) is 71.9 cm³/mol. The molecular weight excluding hydrogens is 266 g/mol. The lowest BCUT2D eigenvalue weighted by Crippen LogP contribution is -2.36. The van der Waals surface area contributed by atoms with E-state index in [9.17, 15) is 8.42 Å². The Labute approximate surface area is 113 Å². The first-order valence-electron chi connectivity index (χ1n) is 6.39. The van der Waals surface area contributed by atoms with E-state index in [1.807, 2.05) is 0 Å². The topological polar surface area (TPSA) is 96.5 Å². The SMILES string of the molecule is Nc1ccncc1S(=O)(=O)N1CCCC1CCCO. The molecule has 2 heterocycles. The van der Waals surface area contributed by atoms with Crippen LogP contribution >= 0.6 is 0 Å². The second-order valence-corrected chi connectivity index (χ2v) is 6.55. The lowest BCUT2D eigenvalue weighted by atomic mass is 10.1. The molecule has 1 aromatic rings. The standard InChI is InChI=1S/C12H19N3O3S/c13-11-5-6-14-9-12(11)19(17,18)15-7-1-3-10(15)4-2-8-16/h5-6,9-10,16H,1-4,7-8H2,(H2,13,14). The summed E-state index contributed by atoms with van der Waals surface area (Å²) in [7, 11) is -3.58. The van der Waals surface area contributed by atoms with Crippen LogP contribution in [0.1, 0.15) is 25.7 Å². The van der Waals surface area contributed by atoms with E-state index in [1.54, 1.807) is 0 Å².